The van der Waals surface area contributed by atoms with Crippen LogP contribution in [0.1, 0.15) is 109 Å². The summed E-state index contributed by atoms with van der Waals surface area (Å²) in [7, 11) is 1.36. The number of urea groups is 1. The van der Waals surface area contributed by atoms with Crippen LogP contribution >= 0.6 is 0 Å². The fourth-order valence-electron chi connectivity index (χ4n) is 4.74. The number of amides is 2. The van der Waals surface area contributed by atoms with Gasteiger partial charge in [0.05, 0.1) is 25.3 Å². The van der Waals surface area contributed by atoms with E-state index in [0.717, 1.165) is 49.0 Å². The van der Waals surface area contributed by atoms with Gasteiger partial charge in [0, 0.05) is 5.70 Å². The number of hydrogen-bond donors (Lipinski definition) is 2. The SMILES string of the molecule is CCCCCCCCC=CCCCCCc1c(OCC)cccc1C1NC(=O)NC(C)=C1C(=O)OC. The van der Waals surface area contributed by atoms with Gasteiger partial charge >= 0.3 is 12.0 Å². The number of ether oxygens (including phenoxy) is 2. The largest absolute Gasteiger partial charge is 0.494 e. The van der Waals surface area contributed by atoms with Crippen LogP contribution in [0.4, 0.5) is 4.79 Å². The van der Waals surface area contributed by atoms with Gasteiger partial charge in [0.15, 0.2) is 0 Å². The minimum Gasteiger partial charge on any atom is -0.494 e. The second-order valence-electron chi connectivity index (χ2n) is 9.45. The number of carbonyl (C=O) groups excluding carboxylic acids is 2. The molecule has 1 aliphatic heterocycles. The lowest BCUT2D eigenvalue weighted by molar-refractivity contribution is -0.136. The van der Waals surface area contributed by atoms with E-state index in [9.17, 15) is 9.59 Å². The Balaban J connectivity index is 1.96. The molecule has 1 atom stereocenters. The lowest BCUT2D eigenvalue weighted by atomic mass is 9.89. The molecule has 6 heteroatoms. The molecule has 0 saturated heterocycles. The average molecular weight is 499 g/mol. The van der Waals surface area contributed by atoms with Crippen molar-refractivity contribution in [1.82, 2.24) is 10.6 Å². The molecule has 1 aromatic rings. The van der Waals surface area contributed by atoms with Gasteiger partial charge in [-0.3, -0.25) is 0 Å². The molecule has 200 valence electrons. The van der Waals surface area contributed by atoms with Crippen LogP contribution in [0.15, 0.2) is 41.6 Å². The molecule has 0 fully saturated rings. The molecule has 1 aromatic carbocycles. The van der Waals surface area contributed by atoms with Gasteiger partial charge in [0.2, 0.25) is 0 Å². The van der Waals surface area contributed by atoms with Gasteiger partial charge < -0.3 is 20.1 Å². The van der Waals surface area contributed by atoms with Crippen molar-refractivity contribution in [2.45, 2.75) is 104 Å². The van der Waals surface area contributed by atoms with E-state index in [1.165, 1.54) is 52.1 Å². The predicted octanol–water partition coefficient (Wildman–Crippen LogP) is 7.30. The summed E-state index contributed by atoms with van der Waals surface area (Å²) >= 11 is 0. The Bertz CT molecular complexity index is 891. The number of allylic oxidation sites excluding steroid dienone is 3. The summed E-state index contributed by atoms with van der Waals surface area (Å²) in [5.41, 5.74) is 2.85. The Kier molecular flexibility index (Phi) is 13.8. The van der Waals surface area contributed by atoms with Gasteiger partial charge in [-0.15, -0.1) is 0 Å². The Hall–Kier alpha value is -2.76. The quantitative estimate of drug-likeness (QED) is 0.134. The third-order valence-corrected chi connectivity index (χ3v) is 6.64. The van der Waals surface area contributed by atoms with Crippen molar-refractivity contribution in [2.24, 2.45) is 0 Å². The van der Waals surface area contributed by atoms with Gasteiger partial charge in [-0.2, -0.15) is 0 Å². The van der Waals surface area contributed by atoms with Crippen molar-refractivity contribution >= 4 is 12.0 Å². The molecule has 1 unspecified atom stereocenters. The molecule has 6 nitrogen and oxygen atoms in total. The molecule has 0 aliphatic carbocycles. The fourth-order valence-corrected chi connectivity index (χ4v) is 4.74. The maximum atomic E-state index is 12.6. The Morgan fingerprint density at radius 2 is 1.64 bits per heavy atom. The molecular formula is C30H46N2O4. The zero-order valence-corrected chi connectivity index (χ0v) is 22.8. The summed E-state index contributed by atoms with van der Waals surface area (Å²) in [6, 6.07) is 4.94. The van der Waals surface area contributed by atoms with E-state index in [2.05, 4.69) is 29.7 Å². The van der Waals surface area contributed by atoms with Crippen molar-refractivity contribution in [3.05, 3.63) is 52.7 Å². The molecule has 1 aliphatic rings. The number of esters is 1. The molecule has 36 heavy (non-hydrogen) atoms. The number of rotatable bonds is 17. The van der Waals surface area contributed by atoms with Crippen LogP contribution in [-0.4, -0.2) is 25.7 Å². The summed E-state index contributed by atoms with van der Waals surface area (Å²) < 4.78 is 11.0. The Morgan fingerprint density at radius 3 is 2.31 bits per heavy atom. The Labute approximate surface area is 217 Å². The first kappa shape index (κ1) is 29.5. The maximum absolute atomic E-state index is 12.6. The summed E-state index contributed by atoms with van der Waals surface area (Å²) in [5.74, 6) is 0.356. The molecule has 2 amide bonds. The molecule has 1 heterocycles. The molecule has 0 saturated carbocycles. The molecule has 2 N–H and O–H groups in total. The lowest BCUT2D eigenvalue weighted by Crippen LogP contribution is -2.45. The van der Waals surface area contributed by atoms with Gasteiger partial charge in [-0.25, -0.2) is 9.59 Å². The highest BCUT2D eigenvalue weighted by Gasteiger charge is 2.33. The van der Waals surface area contributed by atoms with E-state index in [1.807, 2.05) is 25.1 Å². The van der Waals surface area contributed by atoms with Crippen LogP contribution < -0.4 is 15.4 Å². The van der Waals surface area contributed by atoms with E-state index in [-0.39, 0.29) is 6.03 Å². The second-order valence-corrected chi connectivity index (χ2v) is 9.45. The van der Waals surface area contributed by atoms with Gasteiger partial charge in [0.25, 0.3) is 0 Å². The molecule has 2 rings (SSSR count). The van der Waals surface area contributed by atoms with Crippen LogP contribution in [0.25, 0.3) is 0 Å². The minimum atomic E-state index is -0.577. The van der Waals surface area contributed by atoms with Crippen molar-refractivity contribution in [3.8, 4) is 5.75 Å². The first-order valence-electron chi connectivity index (χ1n) is 13.8. The molecule has 0 radical (unpaired) electrons. The van der Waals surface area contributed by atoms with Crippen LogP contribution in [0.5, 0.6) is 5.75 Å². The summed E-state index contributed by atoms with van der Waals surface area (Å²) in [4.78, 5) is 24.8. The van der Waals surface area contributed by atoms with Crippen LogP contribution in [0.3, 0.4) is 0 Å². The van der Waals surface area contributed by atoms with Crippen molar-refractivity contribution in [2.75, 3.05) is 13.7 Å². The summed E-state index contributed by atoms with van der Waals surface area (Å²) in [6.07, 6.45) is 19.1. The standard InChI is InChI=1S/C30H46N2O4/c1-5-7-8-9-10-11-12-13-14-15-16-17-18-20-24-25(21-19-22-26(24)36-6-2)28-27(29(33)35-4)23(3)31-30(34)32-28/h13-14,19,21-22,28H,5-12,15-18,20H2,1-4H3,(H2,31,32,34). The maximum Gasteiger partial charge on any atom is 0.337 e. The first-order chi connectivity index (χ1) is 17.5. The number of unbranched alkanes of at least 4 members (excludes halogenated alkanes) is 9. The van der Waals surface area contributed by atoms with Crippen LogP contribution in [0.2, 0.25) is 0 Å². The van der Waals surface area contributed by atoms with Gasteiger partial charge in [-0.1, -0.05) is 69.7 Å². The zero-order chi connectivity index (χ0) is 26.2. The van der Waals surface area contributed by atoms with Crippen molar-refractivity contribution < 1.29 is 19.1 Å². The zero-order valence-electron chi connectivity index (χ0n) is 22.8. The van der Waals surface area contributed by atoms with E-state index < -0.39 is 12.0 Å². The third kappa shape index (κ3) is 9.36. The first-order valence-corrected chi connectivity index (χ1v) is 13.8. The molecular weight excluding hydrogens is 452 g/mol. The van der Waals surface area contributed by atoms with E-state index >= 15 is 0 Å². The number of hydrogen-bond acceptors (Lipinski definition) is 4. The van der Waals surface area contributed by atoms with Gasteiger partial charge in [-0.05, 0) is 69.6 Å². The molecule has 0 spiro atoms. The smallest absolute Gasteiger partial charge is 0.337 e. The Morgan fingerprint density at radius 1 is 0.972 bits per heavy atom. The number of nitrogens with one attached hydrogen (secondary N) is 2. The number of methoxy groups -OCH3 is 1. The number of carbonyl (C=O) groups is 2. The molecule has 0 bridgehead atoms. The fraction of sp³-hybridized carbons (Fsp3) is 0.600. The minimum absolute atomic E-state index is 0.328. The second kappa shape index (κ2) is 16.8. The van der Waals surface area contributed by atoms with Gasteiger partial charge in [0.1, 0.15) is 5.75 Å². The summed E-state index contributed by atoms with van der Waals surface area (Å²) in [6.45, 7) is 6.50. The highest BCUT2D eigenvalue weighted by atomic mass is 16.5. The van der Waals surface area contributed by atoms with E-state index in [1.54, 1.807) is 6.92 Å². The summed E-state index contributed by atoms with van der Waals surface area (Å²) in [5, 5.41) is 5.60. The van der Waals surface area contributed by atoms with Crippen LogP contribution in [0, 0.1) is 0 Å². The monoisotopic (exact) mass is 498 g/mol. The normalized spacial score (nSPS) is 15.7. The lowest BCUT2D eigenvalue weighted by Gasteiger charge is -2.30. The average Bonchev–Trinajstić information content (AvgIpc) is 2.86. The topological polar surface area (TPSA) is 76.7 Å². The third-order valence-electron chi connectivity index (χ3n) is 6.64. The highest BCUT2D eigenvalue weighted by Crippen LogP contribution is 2.35. The van der Waals surface area contributed by atoms with E-state index in [4.69, 9.17) is 9.47 Å². The molecule has 0 aromatic heterocycles. The highest BCUT2D eigenvalue weighted by molar-refractivity contribution is 5.95. The van der Waals surface area contributed by atoms with Crippen molar-refractivity contribution in [3.63, 3.8) is 0 Å². The number of benzene rings is 1. The predicted molar refractivity (Wildman–Crippen MR) is 146 cm³/mol. The van der Waals surface area contributed by atoms with Crippen LogP contribution in [-0.2, 0) is 16.0 Å². The van der Waals surface area contributed by atoms with E-state index in [0.29, 0.717) is 17.9 Å². The van der Waals surface area contributed by atoms with Crippen molar-refractivity contribution in [1.29, 1.82) is 0 Å².